The molecule has 5 rings (SSSR count). The molecule has 0 radical (unpaired) electrons. The van der Waals surface area contributed by atoms with Gasteiger partial charge in [-0.2, -0.15) is 9.61 Å². The molecule has 3 aromatic heterocycles. The SMILES string of the molecule is O=C(CCCc1ccccc1)Nc1cccc(-c2ccc3nnc(-c4ccncc4)n3n2)c1. The molecule has 33 heavy (non-hydrogen) atoms. The van der Waals surface area contributed by atoms with E-state index in [2.05, 4.69) is 32.6 Å². The lowest BCUT2D eigenvalue weighted by atomic mass is 10.1. The minimum absolute atomic E-state index is 0.00488. The summed E-state index contributed by atoms with van der Waals surface area (Å²) in [6, 6.07) is 25.4. The molecule has 0 spiro atoms. The molecule has 162 valence electrons. The first-order valence-corrected chi connectivity index (χ1v) is 10.8. The Kier molecular flexibility index (Phi) is 5.84. The molecular weight excluding hydrogens is 412 g/mol. The maximum Gasteiger partial charge on any atom is 0.224 e. The molecule has 0 saturated carbocycles. The number of benzene rings is 2. The molecule has 0 unspecified atom stereocenters. The van der Waals surface area contributed by atoms with Crippen LogP contribution in [0.25, 0.3) is 28.3 Å². The smallest absolute Gasteiger partial charge is 0.224 e. The minimum Gasteiger partial charge on any atom is -0.326 e. The van der Waals surface area contributed by atoms with E-state index in [1.165, 1.54) is 5.56 Å². The van der Waals surface area contributed by atoms with Gasteiger partial charge in [-0.25, -0.2) is 0 Å². The average Bonchev–Trinajstić information content (AvgIpc) is 3.29. The summed E-state index contributed by atoms with van der Waals surface area (Å²) in [6.45, 7) is 0. The average molecular weight is 435 g/mol. The van der Waals surface area contributed by atoms with E-state index in [9.17, 15) is 4.79 Å². The molecular formula is C26H22N6O. The number of rotatable bonds is 7. The van der Waals surface area contributed by atoms with E-state index in [0.29, 0.717) is 17.9 Å². The number of nitrogens with one attached hydrogen (secondary N) is 1. The summed E-state index contributed by atoms with van der Waals surface area (Å²) in [7, 11) is 0. The van der Waals surface area contributed by atoms with Crippen molar-refractivity contribution in [3.05, 3.63) is 96.8 Å². The van der Waals surface area contributed by atoms with Gasteiger partial charge < -0.3 is 5.32 Å². The Labute approximate surface area is 191 Å². The Morgan fingerprint density at radius 2 is 1.70 bits per heavy atom. The first kappa shape index (κ1) is 20.5. The van der Waals surface area contributed by atoms with E-state index in [1.54, 1.807) is 16.9 Å². The number of carbonyl (C=O) groups excluding carboxylic acids is 1. The lowest BCUT2D eigenvalue weighted by molar-refractivity contribution is -0.116. The Morgan fingerprint density at radius 3 is 2.55 bits per heavy atom. The van der Waals surface area contributed by atoms with E-state index in [4.69, 9.17) is 5.10 Å². The number of pyridine rings is 1. The first-order chi connectivity index (χ1) is 16.3. The highest BCUT2D eigenvalue weighted by Gasteiger charge is 2.11. The molecule has 1 N–H and O–H groups in total. The predicted octanol–water partition coefficient (Wildman–Crippen LogP) is 4.81. The van der Waals surface area contributed by atoms with E-state index < -0.39 is 0 Å². The van der Waals surface area contributed by atoms with E-state index in [-0.39, 0.29) is 5.91 Å². The minimum atomic E-state index is 0.00488. The molecule has 1 amide bonds. The van der Waals surface area contributed by atoms with Crippen molar-refractivity contribution in [1.82, 2.24) is 24.8 Å². The van der Waals surface area contributed by atoms with Crippen molar-refractivity contribution >= 4 is 17.2 Å². The van der Waals surface area contributed by atoms with Crippen LogP contribution < -0.4 is 5.32 Å². The number of hydrogen-bond acceptors (Lipinski definition) is 5. The Hall–Kier alpha value is -4.39. The summed E-state index contributed by atoms with van der Waals surface area (Å²) < 4.78 is 1.72. The zero-order valence-corrected chi connectivity index (χ0v) is 17.9. The fourth-order valence-corrected chi connectivity index (χ4v) is 3.70. The van der Waals surface area contributed by atoms with Crippen molar-refractivity contribution in [2.75, 3.05) is 5.32 Å². The highest BCUT2D eigenvalue weighted by Crippen LogP contribution is 2.23. The molecule has 0 saturated heterocycles. The van der Waals surface area contributed by atoms with Gasteiger partial charge in [-0.15, -0.1) is 10.2 Å². The fraction of sp³-hybridized carbons (Fsp3) is 0.115. The van der Waals surface area contributed by atoms with Crippen molar-refractivity contribution < 1.29 is 4.79 Å². The van der Waals surface area contributed by atoms with E-state index in [0.717, 1.165) is 35.3 Å². The first-order valence-electron chi connectivity index (χ1n) is 10.8. The topological polar surface area (TPSA) is 85.1 Å². The zero-order valence-electron chi connectivity index (χ0n) is 17.9. The molecule has 5 aromatic rings. The van der Waals surface area contributed by atoms with Crippen LogP contribution >= 0.6 is 0 Å². The van der Waals surface area contributed by atoms with E-state index in [1.807, 2.05) is 66.7 Å². The van der Waals surface area contributed by atoms with Gasteiger partial charge in [0.2, 0.25) is 5.91 Å². The van der Waals surface area contributed by atoms with Crippen LogP contribution in [0.15, 0.2) is 91.3 Å². The van der Waals surface area contributed by atoms with Gasteiger partial charge in [0.1, 0.15) is 0 Å². The second kappa shape index (κ2) is 9.40. The maximum atomic E-state index is 12.4. The Bertz CT molecular complexity index is 1380. The largest absolute Gasteiger partial charge is 0.326 e. The molecule has 0 atom stereocenters. The highest BCUT2D eigenvalue weighted by atomic mass is 16.1. The number of carbonyl (C=O) groups is 1. The molecule has 7 nitrogen and oxygen atoms in total. The monoisotopic (exact) mass is 434 g/mol. The van der Waals surface area contributed by atoms with Crippen LogP contribution in [0.1, 0.15) is 18.4 Å². The molecule has 0 aliphatic heterocycles. The number of nitrogens with zero attached hydrogens (tertiary/aromatic N) is 5. The molecule has 7 heteroatoms. The molecule has 0 bridgehead atoms. The highest BCUT2D eigenvalue weighted by molar-refractivity contribution is 5.91. The lowest BCUT2D eigenvalue weighted by Crippen LogP contribution is -2.11. The van der Waals surface area contributed by atoms with Crippen LogP contribution in [0.3, 0.4) is 0 Å². The molecule has 2 aromatic carbocycles. The Morgan fingerprint density at radius 1 is 0.848 bits per heavy atom. The van der Waals surface area contributed by atoms with Crippen molar-refractivity contribution in [2.45, 2.75) is 19.3 Å². The number of fused-ring (bicyclic) bond motifs is 1. The van der Waals surface area contributed by atoms with Crippen LogP contribution in [0, 0.1) is 0 Å². The molecule has 0 aliphatic carbocycles. The molecule has 3 heterocycles. The standard InChI is InChI=1S/C26H22N6O/c33-25(11-4-8-19-6-2-1-3-7-19)28-22-10-5-9-21(18-22)23-12-13-24-29-30-26(32(24)31-23)20-14-16-27-17-15-20/h1-3,5-7,9-10,12-18H,4,8,11H2,(H,28,33). The van der Waals surface area contributed by atoms with Gasteiger partial charge in [0.25, 0.3) is 0 Å². The summed E-state index contributed by atoms with van der Waals surface area (Å²) in [4.78, 5) is 16.5. The van der Waals surface area contributed by atoms with Crippen LogP contribution in [-0.4, -0.2) is 30.7 Å². The third-order valence-corrected chi connectivity index (χ3v) is 5.36. The summed E-state index contributed by atoms with van der Waals surface area (Å²) >= 11 is 0. The summed E-state index contributed by atoms with van der Waals surface area (Å²) in [5.74, 6) is 0.655. The van der Waals surface area contributed by atoms with Gasteiger partial charge in [-0.3, -0.25) is 9.78 Å². The molecule has 0 aliphatic rings. The van der Waals surface area contributed by atoms with Crippen molar-refractivity contribution in [1.29, 1.82) is 0 Å². The summed E-state index contributed by atoms with van der Waals surface area (Å²) in [5, 5.41) is 16.2. The van der Waals surface area contributed by atoms with Gasteiger partial charge in [0, 0.05) is 35.6 Å². The number of aromatic nitrogens is 5. The van der Waals surface area contributed by atoms with Crippen molar-refractivity contribution in [3.8, 4) is 22.6 Å². The number of aryl methyl sites for hydroxylation is 1. The van der Waals surface area contributed by atoms with Crippen molar-refractivity contribution in [2.24, 2.45) is 0 Å². The third-order valence-electron chi connectivity index (χ3n) is 5.36. The van der Waals surface area contributed by atoms with E-state index >= 15 is 0 Å². The van der Waals surface area contributed by atoms with Crippen LogP contribution in [0.5, 0.6) is 0 Å². The fourth-order valence-electron chi connectivity index (χ4n) is 3.70. The van der Waals surface area contributed by atoms with Crippen LogP contribution in [0.2, 0.25) is 0 Å². The maximum absolute atomic E-state index is 12.4. The van der Waals surface area contributed by atoms with Crippen LogP contribution in [0.4, 0.5) is 5.69 Å². The quantitative estimate of drug-likeness (QED) is 0.397. The van der Waals surface area contributed by atoms with Gasteiger partial charge in [0.15, 0.2) is 11.5 Å². The van der Waals surface area contributed by atoms with Crippen molar-refractivity contribution in [3.63, 3.8) is 0 Å². The normalized spacial score (nSPS) is 10.9. The number of hydrogen-bond donors (Lipinski definition) is 1. The predicted molar refractivity (Wildman–Crippen MR) is 127 cm³/mol. The van der Waals surface area contributed by atoms with Crippen LogP contribution in [-0.2, 0) is 11.2 Å². The molecule has 0 fully saturated rings. The summed E-state index contributed by atoms with van der Waals surface area (Å²) in [6.07, 6.45) is 5.59. The third kappa shape index (κ3) is 4.77. The summed E-state index contributed by atoms with van der Waals surface area (Å²) in [5.41, 5.74) is 5.20. The Balaban J connectivity index is 1.31. The number of amides is 1. The number of anilines is 1. The lowest BCUT2D eigenvalue weighted by Gasteiger charge is -2.08. The second-order valence-corrected chi connectivity index (χ2v) is 7.72. The van der Waals surface area contributed by atoms with Gasteiger partial charge in [-0.05, 0) is 54.8 Å². The van der Waals surface area contributed by atoms with Gasteiger partial charge in [0.05, 0.1) is 5.69 Å². The van der Waals surface area contributed by atoms with Gasteiger partial charge in [-0.1, -0.05) is 42.5 Å². The zero-order chi connectivity index (χ0) is 22.5. The van der Waals surface area contributed by atoms with Gasteiger partial charge >= 0.3 is 0 Å². The second-order valence-electron chi connectivity index (χ2n) is 7.72.